The van der Waals surface area contributed by atoms with E-state index in [4.69, 9.17) is 0 Å². The van der Waals surface area contributed by atoms with Crippen LogP contribution < -0.4 is 10.6 Å². The third kappa shape index (κ3) is 5.17. The lowest BCUT2D eigenvalue weighted by Gasteiger charge is -2.32. The second kappa shape index (κ2) is 8.32. The molecule has 1 aromatic rings. The molecule has 0 saturated carbocycles. The summed E-state index contributed by atoms with van der Waals surface area (Å²) in [5.74, 6) is -1.02. The number of hydrogen-bond donors (Lipinski definition) is 2. The van der Waals surface area contributed by atoms with E-state index in [0.717, 1.165) is 25.5 Å². The highest BCUT2D eigenvalue weighted by molar-refractivity contribution is 5.22. The second-order valence-corrected chi connectivity index (χ2v) is 5.25. The lowest BCUT2D eigenvalue weighted by molar-refractivity contribution is 0.308. The molecular formula is C16H28F2N2. The zero-order valence-electron chi connectivity index (χ0n) is 12.8. The summed E-state index contributed by atoms with van der Waals surface area (Å²) >= 11 is 0. The largest absolute Gasteiger partial charge is 0.312 e. The molecule has 4 heteroatoms. The minimum Gasteiger partial charge on any atom is -0.312 e. The van der Waals surface area contributed by atoms with Crippen molar-refractivity contribution in [1.82, 2.24) is 10.6 Å². The first kappa shape index (κ1) is 17.1. The van der Waals surface area contributed by atoms with Gasteiger partial charge in [-0.2, -0.15) is 0 Å². The van der Waals surface area contributed by atoms with Crippen LogP contribution in [0.4, 0.5) is 8.78 Å². The topological polar surface area (TPSA) is 24.1 Å². The van der Waals surface area contributed by atoms with Gasteiger partial charge in [0.2, 0.25) is 0 Å². The molecule has 2 N–H and O–H groups in total. The number of hydrogen-bond acceptors (Lipinski definition) is 2. The number of halogens is 2. The van der Waals surface area contributed by atoms with Crippen molar-refractivity contribution in [3.05, 3.63) is 35.4 Å². The zero-order chi connectivity index (χ0) is 15.1. The van der Waals surface area contributed by atoms with Crippen LogP contribution in [0.1, 0.15) is 53.6 Å². The highest BCUT2D eigenvalue weighted by atomic mass is 19.1. The van der Waals surface area contributed by atoms with Crippen molar-refractivity contribution >= 4 is 0 Å². The quantitative estimate of drug-likeness (QED) is 0.876. The predicted molar refractivity (Wildman–Crippen MR) is 81.9 cm³/mol. The molecule has 1 aromatic carbocycles. The minimum absolute atomic E-state index is 0. The fourth-order valence-corrected chi connectivity index (χ4v) is 2.57. The molecule has 116 valence electrons. The molecule has 1 fully saturated rings. The lowest BCUT2D eigenvalue weighted by atomic mass is 9.93. The number of rotatable bonds is 3. The molecule has 0 aliphatic carbocycles. The average Bonchev–Trinajstić information content (AvgIpc) is 2.39. The fourth-order valence-electron chi connectivity index (χ4n) is 2.57. The van der Waals surface area contributed by atoms with Gasteiger partial charge >= 0.3 is 0 Å². The zero-order valence-corrected chi connectivity index (χ0v) is 12.8. The van der Waals surface area contributed by atoms with E-state index in [-0.39, 0.29) is 7.47 Å². The Kier molecular flexibility index (Phi) is 7.10. The average molecular weight is 286 g/mol. The SMILES string of the molecule is CC.CC(C)N[C@@H]1CCN[C@H](c2cc(F)cc(F)c2)C1.[HH]. The Morgan fingerprint density at radius 1 is 1.20 bits per heavy atom. The van der Waals surface area contributed by atoms with Crippen LogP contribution in [0.5, 0.6) is 0 Å². The van der Waals surface area contributed by atoms with E-state index in [0.29, 0.717) is 17.6 Å². The number of benzene rings is 1. The molecule has 1 heterocycles. The summed E-state index contributed by atoms with van der Waals surface area (Å²) in [6, 6.07) is 4.61. The molecule has 2 atom stereocenters. The Morgan fingerprint density at radius 2 is 1.80 bits per heavy atom. The maximum atomic E-state index is 13.2. The molecule has 20 heavy (non-hydrogen) atoms. The first-order valence-corrected chi connectivity index (χ1v) is 7.50. The van der Waals surface area contributed by atoms with Gasteiger partial charge in [-0.1, -0.05) is 27.7 Å². The van der Waals surface area contributed by atoms with Gasteiger partial charge in [0, 0.05) is 25.6 Å². The van der Waals surface area contributed by atoms with Crippen molar-refractivity contribution < 1.29 is 10.2 Å². The van der Waals surface area contributed by atoms with E-state index < -0.39 is 11.6 Å². The van der Waals surface area contributed by atoms with Gasteiger partial charge in [-0.15, -0.1) is 0 Å². The van der Waals surface area contributed by atoms with Gasteiger partial charge < -0.3 is 10.6 Å². The van der Waals surface area contributed by atoms with Gasteiger partial charge in [-0.3, -0.25) is 0 Å². The normalized spacial score (nSPS) is 22.4. The Morgan fingerprint density at radius 3 is 2.35 bits per heavy atom. The summed E-state index contributed by atoms with van der Waals surface area (Å²) in [7, 11) is 0. The van der Waals surface area contributed by atoms with Crippen molar-refractivity contribution in [2.45, 2.75) is 58.7 Å². The van der Waals surface area contributed by atoms with Crippen molar-refractivity contribution in [1.29, 1.82) is 0 Å². The summed E-state index contributed by atoms with van der Waals surface area (Å²) < 4.78 is 26.4. The van der Waals surface area contributed by atoms with E-state index >= 15 is 0 Å². The van der Waals surface area contributed by atoms with Gasteiger partial charge in [-0.05, 0) is 37.1 Å². The lowest BCUT2D eigenvalue weighted by Crippen LogP contribution is -2.44. The Labute approximate surface area is 122 Å². The smallest absolute Gasteiger partial charge is 0.126 e. The van der Waals surface area contributed by atoms with Crippen LogP contribution in [0.25, 0.3) is 0 Å². The maximum absolute atomic E-state index is 13.2. The molecule has 1 aliphatic heterocycles. The molecule has 2 nitrogen and oxygen atoms in total. The first-order valence-electron chi connectivity index (χ1n) is 7.50. The van der Waals surface area contributed by atoms with Crippen LogP contribution in [0.15, 0.2) is 18.2 Å². The predicted octanol–water partition coefficient (Wildman–Crippen LogP) is 4.03. The summed E-state index contributed by atoms with van der Waals surface area (Å²) in [6.07, 6.45) is 1.91. The number of piperidine rings is 1. The Balaban J connectivity index is 0.00000128. The summed E-state index contributed by atoms with van der Waals surface area (Å²) in [5, 5.41) is 6.80. The maximum Gasteiger partial charge on any atom is 0.126 e. The third-order valence-electron chi connectivity index (χ3n) is 3.26. The molecule has 0 bridgehead atoms. The van der Waals surface area contributed by atoms with Crippen molar-refractivity contribution in [2.24, 2.45) is 0 Å². The van der Waals surface area contributed by atoms with E-state index in [1.54, 1.807) is 0 Å². The highest BCUT2D eigenvalue weighted by Gasteiger charge is 2.23. The summed E-state index contributed by atoms with van der Waals surface area (Å²) in [5.41, 5.74) is 0.697. The van der Waals surface area contributed by atoms with Crippen LogP contribution in [-0.2, 0) is 0 Å². The molecule has 0 unspecified atom stereocenters. The summed E-state index contributed by atoms with van der Waals surface area (Å²) in [6.45, 7) is 9.09. The Bertz CT molecular complexity index is 393. The van der Waals surface area contributed by atoms with Gasteiger partial charge in [0.05, 0.1) is 0 Å². The van der Waals surface area contributed by atoms with Crippen LogP contribution in [-0.4, -0.2) is 18.6 Å². The van der Waals surface area contributed by atoms with Crippen LogP contribution >= 0.6 is 0 Å². The minimum atomic E-state index is -0.509. The second-order valence-electron chi connectivity index (χ2n) is 5.25. The van der Waals surface area contributed by atoms with Crippen LogP contribution in [0.3, 0.4) is 0 Å². The van der Waals surface area contributed by atoms with E-state index in [1.165, 1.54) is 12.1 Å². The molecular weight excluding hydrogens is 258 g/mol. The van der Waals surface area contributed by atoms with Gasteiger partial charge in [0.25, 0.3) is 0 Å². The van der Waals surface area contributed by atoms with Gasteiger partial charge in [0.1, 0.15) is 11.6 Å². The van der Waals surface area contributed by atoms with Crippen molar-refractivity contribution in [3.63, 3.8) is 0 Å². The molecule has 0 spiro atoms. The number of nitrogens with one attached hydrogen (secondary N) is 2. The van der Waals surface area contributed by atoms with Gasteiger partial charge in [0.15, 0.2) is 0 Å². The van der Waals surface area contributed by atoms with Gasteiger partial charge in [-0.25, -0.2) is 8.78 Å². The standard InChI is InChI=1S/C14H20F2N2.C2H6.H2/c1-9(2)18-13-3-4-17-14(8-13)10-5-11(15)7-12(16)6-10;1-2;/h5-7,9,13-14,17-18H,3-4,8H2,1-2H3;1-2H3;1H/t13-,14+;;/m1../s1. The third-order valence-corrected chi connectivity index (χ3v) is 3.26. The summed E-state index contributed by atoms with van der Waals surface area (Å²) in [4.78, 5) is 0. The molecule has 1 saturated heterocycles. The van der Waals surface area contributed by atoms with E-state index in [9.17, 15) is 8.78 Å². The van der Waals surface area contributed by atoms with Crippen LogP contribution in [0, 0.1) is 11.6 Å². The highest BCUT2D eigenvalue weighted by Crippen LogP contribution is 2.24. The monoisotopic (exact) mass is 286 g/mol. The molecule has 2 rings (SSSR count). The molecule has 0 aromatic heterocycles. The van der Waals surface area contributed by atoms with Crippen LogP contribution in [0.2, 0.25) is 0 Å². The van der Waals surface area contributed by atoms with Crippen molar-refractivity contribution in [2.75, 3.05) is 6.54 Å². The van der Waals surface area contributed by atoms with E-state index in [1.807, 2.05) is 13.8 Å². The fraction of sp³-hybridized carbons (Fsp3) is 0.625. The first-order chi connectivity index (χ1) is 9.54. The Hall–Kier alpha value is -1.00. The molecule has 0 amide bonds. The molecule has 0 radical (unpaired) electrons. The molecule has 1 aliphatic rings. The van der Waals surface area contributed by atoms with Crippen molar-refractivity contribution in [3.8, 4) is 0 Å². The van der Waals surface area contributed by atoms with E-state index in [2.05, 4.69) is 24.5 Å².